The average molecular weight is 260 g/mol. The van der Waals surface area contributed by atoms with Crippen LogP contribution in [0.15, 0.2) is 12.7 Å². The van der Waals surface area contributed by atoms with E-state index in [1.54, 1.807) is 14.2 Å². The lowest BCUT2D eigenvalue weighted by Crippen LogP contribution is -2.43. The van der Waals surface area contributed by atoms with Gasteiger partial charge in [0.15, 0.2) is 5.78 Å². The summed E-state index contributed by atoms with van der Waals surface area (Å²) in [5.41, 5.74) is 0. The smallest absolute Gasteiger partial charge is 0.377 e. The lowest BCUT2D eigenvalue weighted by molar-refractivity contribution is -0.114. The van der Waals surface area contributed by atoms with Crippen molar-refractivity contribution in [3.05, 3.63) is 12.7 Å². The highest BCUT2D eigenvalue weighted by Gasteiger charge is 2.37. The van der Waals surface area contributed by atoms with Gasteiger partial charge in [-0.15, -0.1) is 0 Å². The lowest BCUT2D eigenvalue weighted by Gasteiger charge is -2.25. The highest BCUT2D eigenvalue weighted by atomic mass is 28.4. The molecule has 0 aliphatic carbocycles. The molecule has 0 saturated carbocycles. The van der Waals surface area contributed by atoms with Crippen molar-refractivity contribution in [1.82, 2.24) is 0 Å². The second-order valence-corrected chi connectivity index (χ2v) is 6.79. The Morgan fingerprint density at radius 2 is 1.94 bits per heavy atom. The van der Waals surface area contributed by atoms with E-state index in [1.807, 2.05) is 0 Å². The first kappa shape index (κ1) is 16.5. The van der Waals surface area contributed by atoms with Gasteiger partial charge in [-0.1, -0.05) is 19.9 Å². The van der Waals surface area contributed by atoms with Crippen molar-refractivity contribution >= 4 is 14.6 Å². The Balaban J connectivity index is 3.82. The van der Waals surface area contributed by atoms with Crippen LogP contribution in [0.4, 0.5) is 0 Å². The van der Waals surface area contributed by atoms with E-state index in [-0.39, 0.29) is 5.78 Å². The molecule has 0 bridgehead atoms. The van der Waals surface area contributed by atoms with Crippen LogP contribution in [-0.2, 0) is 18.1 Å². The first-order chi connectivity index (χ1) is 8.14. The summed E-state index contributed by atoms with van der Waals surface area (Å²) in [6.07, 6.45) is 4.53. The Bertz CT molecular complexity index is 227. The number of hydrogen-bond donors (Lipinski definition) is 0. The van der Waals surface area contributed by atoms with Gasteiger partial charge in [0.2, 0.25) is 0 Å². The molecule has 0 rings (SSSR count). The summed E-state index contributed by atoms with van der Waals surface area (Å²) in [7, 11) is 0.829. The van der Waals surface area contributed by atoms with E-state index in [0.717, 1.165) is 25.3 Å². The highest BCUT2D eigenvalue weighted by molar-refractivity contribution is 6.60. The number of carbonyl (C=O) groups is 1. The maximum Gasteiger partial charge on any atom is 0.500 e. The zero-order chi connectivity index (χ0) is 13.1. The van der Waals surface area contributed by atoms with Gasteiger partial charge in [-0.3, -0.25) is 4.79 Å². The van der Waals surface area contributed by atoms with Crippen molar-refractivity contribution in [1.29, 1.82) is 0 Å². The zero-order valence-electron chi connectivity index (χ0n) is 11.2. The van der Waals surface area contributed by atoms with Crippen molar-refractivity contribution in [3.63, 3.8) is 0 Å². The van der Waals surface area contributed by atoms with Gasteiger partial charge >= 0.3 is 8.80 Å². The van der Waals surface area contributed by atoms with E-state index in [2.05, 4.69) is 13.5 Å². The van der Waals surface area contributed by atoms with Gasteiger partial charge in [0, 0.05) is 33.3 Å². The third kappa shape index (κ3) is 6.73. The van der Waals surface area contributed by atoms with Crippen LogP contribution in [-0.4, -0.2) is 35.4 Å². The Morgan fingerprint density at radius 1 is 1.29 bits per heavy atom. The van der Waals surface area contributed by atoms with Gasteiger partial charge < -0.3 is 13.3 Å². The van der Waals surface area contributed by atoms with Gasteiger partial charge in [-0.25, -0.2) is 0 Å². The first-order valence-electron chi connectivity index (χ1n) is 6.03. The molecule has 0 N–H and O–H groups in total. The van der Waals surface area contributed by atoms with Crippen LogP contribution in [0.2, 0.25) is 6.04 Å². The molecule has 0 spiro atoms. The molecule has 4 nitrogen and oxygen atoms in total. The molecule has 100 valence electrons. The summed E-state index contributed by atoms with van der Waals surface area (Å²) in [6, 6.07) is 0.825. The number of allylic oxidation sites excluding steroid dienone is 1. The Kier molecular flexibility index (Phi) is 9.25. The second-order valence-electron chi connectivity index (χ2n) is 3.82. The summed E-state index contributed by atoms with van der Waals surface area (Å²) in [6.45, 7) is 6.09. The molecule has 0 saturated heterocycles. The molecular formula is C12H24O4Si. The summed E-state index contributed by atoms with van der Waals surface area (Å²) >= 11 is 0. The summed E-state index contributed by atoms with van der Waals surface area (Å²) < 4.78 is 16.5. The fraction of sp³-hybridized carbons (Fsp3) is 0.750. The van der Waals surface area contributed by atoms with Crippen molar-refractivity contribution < 1.29 is 18.1 Å². The fourth-order valence-corrected chi connectivity index (χ4v) is 3.54. The van der Waals surface area contributed by atoms with Gasteiger partial charge in [0.25, 0.3) is 0 Å². The molecule has 0 radical (unpaired) electrons. The fourth-order valence-electron chi connectivity index (χ4n) is 1.51. The number of unbranched alkanes of at least 4 members (excludes halogenated alkanes) is 1. The van der Waals surface area contributed by atoms with Crippen molar-refractivity contribution in [3.8, 4) is 0 Å². The van der Waals surface area contributed by atoms with Crippen LogP contribution in [0.3, 0.4) is 0 Å². The molecule has 0 atom stereocenters. The molecule has 0 aliphatic heterocycles. The van der Waals surface area contributed by atoms with E-state index in [0.29, 0.717) is 13.0 Å². The molecule has 0 amide bonds. The van der Waals surface area contributed by atoms with E-state index < -0.39 is 8.80 Å². The Labute approximate surface area is 105 Å². The van der Waals surface area contributed by atoms with Gasteiger partial charge in [0.05, 0.1) is 0 Å². The third-order valence-corrected chi connectivity index (χ3v) is 5.55. The van der Waals surface area contributed by atoms with Crippen LogP contribution < -0.4 is 0 Å². The zero-order valence-corrected chi connectivity index (χ0v) is 12.2. The van der Waals surface area contributed by atoms with Crippen LogP contribution in [0.25, 0.3) is 0 Å². The molecular weight excluding hydrogens is 236 g/mol. The number of ketones is 1. The van der Waals surface area contributed by atoms with Gasteiger partial charge in [0.1, 0.15) is 0 Å². The monoisotopic (exact) mass is 260 g/mol. The maximum atomic E-state index is 11.0. The molecule has 0 aromatic rings. The summed E-state index contributed by atoms with van der Waals surface area (Å²) in [5.74, 6) is 0.0838. The second kappa shape index (κ2) is 9.53. The van der Waals surface area contributed by atoms with Crippen LogP contribution in [0, 0.1) is 0 Å². The summed E-state index contributed by atoms with van der Waals surface area (Å²) in [4.78, 5) is 11.0. The molecule has 17 heavy (non-hydrogen) atoms. The molecule has 5 heteroatoms. The van der Waals surface area contributed by atoms with E-state index in [1.165, 1.54) is 6.08 Å². The predicted octanol–water partition coefficient (Wildman–Crippen LogP) is 2.57. The minimum Gasteiger partial charge on any atom is -0.377 e. The molecule has 0 aromatic carbocycles. The van der Waals surface area contributed by atoms with Crippen molar-refractivity contribution in [2.45, 2.75) is 38.7 Å². The largest absolute Gasteiger partial charge is 0.500 e. The van der Waals surface area contributed by atoms with E-state index in [9.17, 15) is 4.79 Å². The van der Waals surface area contributed by atoms with E-state index >= 15 is 0 Å². The Morgan fingerprint density at radius 3 is 2.41 bits per heavy atom. The van der Waals surface area contributed by atoms with Crippen LogP contribution in [0.1, 0.15) is 32.6 Å². The normalized spacial score (nSPS) is 11.5. The van der Waals surface area contributed by atoms with E-state index in [4.69, 9.17) is 13.3 Å². The third-order valence-electron chi connectivity index (χ3n) is 2.55. The molecule has 0 aromatic heterocycles. The number of carbonyl (C=O) groups excluding carboxylic acids is 1. The molecule has 0 unspecified atom stereocenters. The predicted molar refractivity (Wildman–Crippen MR) is 69.9 cm³/mol. The topological polar surface area (TPSA) is 44.8 Å². The van der Waals surface area contributed by atoms with Gasteiger partial charge in [-0.2, -0.15) is 0 Å². The highest BCUT2D eigenvalue weighted by Crippen LogP contribution is 2.16. The molecule has 0 aliphatic rings. The minimum atomic E-state index is -2.43. The standard InChI is InChI=1S/C12H24O4Si/c1-5-11-17(14-3,15-4)16-10-8-7-9-12(13)6-2/h6H,2,5,7-11H2,1,3-4H3. The van der Waals surface area contributed by atoms with Crippen molar-refractivity contribution in [2.24, 2.45) is 0 Å². The Hall–Kier alpha value is -0.493. The van der Waals surface area contributed by atoms with Crippen LogP contribution in [0.5, 0.6) is 0 Å². The first-order valence-corrected chi connectivity index (χ1v) is 7.96. The SMILES string of the molecule is C=CC(=O)CCCCO[Si](CCC)(OC)OC. The number of hydrogen-bond acceptors (Lipinski definition) is 4. The van der Waals surface area contributed by atoms with Crippen LogP contribution >= 0.6 is 0 Å². The minimum absolute atomic E-state index is 0.0838. The van der Waals surface area contributed by atoms with Gasteiger partial charge in [-0.05, 0) is 18.9 Å². The van der Waals surface area contributed by atoms with Crippen molar-refractivity contribution in [2.75, 3.05) is 20.8 Å². The average Bonchev–Trinajstić information content (AvgIpc) is 2.36. The maximum absolute atomic E-state index is 11.0. The number of rotatable bonds is 11. The lowest BCUT2D eigenvalue weighted by atomic mass is 10.2. The molecule has 0 heterocycles. The summed E-state index contributed by atoms with van der Waals surface area (Å²) in [5, 5.41) is 0. The molecule has 0 fully saturated rings. The quantitative estimate of drug-likeness (QED) is 0.325.